The number of nitrogens with one attached hydrogen (secondary N) is 2. The highest BCUT2D eigenvalue weighted by atomic mass is 32.2. The van der Waals surface area contributed by atoms with Gasteiger partial charge in [0, 0.05) is 62.1 Å². The SMILES string of the molecule is CC(=O)Sc1ccc(-c2c3ccc([nH]3)c(-c3c(C)cc(C)cc3C)c3nc(c([C]4[CH][CH][CH][CH]4)c4nc(c(-c5c(C)cc(C)cc5C)c5ccc2[nH]5)C=C4)C=C3)cc1. The molecule has 5 radical (unpaired) electrons. The van der Waals surface area contributed by atoms with Gasteiger partial charge in [-0.25, -0.2) is 9.97 Å². The predicted octanol–water partition coefficient (Wildman–Crippen LogP) is 12.9. The molecule has 1 fully saturated rings. The minimum Gasteiger partial charge on any atom is -0.354 e. The summed E-state index contributed by atoms with van der Waals surface area (Å²) in [5.74, 6) is 1.08. The lowest BCUT2D eigenvalue weighted by Crippen LogP contribution is -2.02. The monoisotopic (exact) mass is 759 g/mol. The van der Waals surface area contributed by atoms with E-state index < -0.39 is 0 Å². The van der Waals surface area contributed by atoms with Crippen LogP contribution in [-0.4, -0.2) is 25.1 Å². The number of aromatic amines is 2. The van der Waals surface area contributed by atoms with Gasteiger partial charge >= 0.3 is 0 Å². The molecule has 6 aromatic rings. The van der Waals surface area contributed by atoms with E-state index in [9.17, 15) is 4.79 Å². The molecular weight excluding hydrogens is 717 g/mol. The lowest BCUT2D eigenvalue weighted by molar-refractivity contribution is -0.109. The van der Waals surface area contributed by atoms with Gasteiger partial charge in [-0.3, -0.25) is 4.79 Å². The van der Waals surface area contributed by atoms with Crippen LogP contribution in [0.2, 0.25) is 0 Å². The maximum Gasteiger partial charge on any atom is 0.190 e. The zero-order chi connectivity index (χ0) is 39.5. The van der Waals surface area contributed by atoms with E-state index in [0.717, 1.165) is 83.5 Å². The van der Waals surface area contributed by atoms with E-state index >= 15 is 0 Å². The number of H-pyrrole nitrogens is 2. The average molecular weight is 760 g/mol. The van der Waals surface area contributed by atoms with Crippen molar-refractivity contribution in [3.05, 3.63) is 166 Å². The normalized spacial score (nSPS) is 13.9. The Bertz CT molecular complexity index is 2660. The quantitative estimate of drug-likeness (QED) is 0.171. The van der Waals surface area contributed by atoms with Crippen LogP contribution in [0.15, 0.2) is 77.7 Å². The second-order valence-corrected chi connectivity index (χ2v) is 16.6. The Morgan fingerprint density at radius 3 is 1.28 bits per heavy atom. The van der Waals surface area contributed by atoms with Crippen molar-refractivity contribution in [2.45, 2.75) is 53.4 Å². The van der Waals surface area contributed by atoms with Crippen LogP contribution in [0.1, 0.15) is 68.6 Å². The highest BCUT2D eigenvalue weighted by Gasteiger charge is 2.27. The summed E-state index contributed by atoms with van der Waals surface area (Å²) in [4.78, 5) is 31.6. The van der Waals surface area contributed by atoms with E-state index in [4.69, 9.17) is 9.97 Å². The highest BCUT2D eigenvalue weighted by Crippen LogP contribution is 2.42. The molecule has 279 valence electrons. The molecule has 0 saturated heterocycles. The van der Waals surface area contributed by atoms with Gasteiger partial charge in [0.25, 0.3) is 0 Å². The molecule has 6 heteroatoms. The van der Waals surface area contributed by atoms with Crippen molar-refractivity contribution in [1.82, 2.24) is 19.9 Å². The molecule has 0 unspecified atom stereocenters. The number of benzene rings is 3. The number of thioether (sulfide) groups is 1. The van der Waals surface area contributed by atoms with E-state index in [1.165, 1.54) is 56.3 Å². The second kappa shape index (κ2) is 14.7. The number of aryl methyl sites for hydroxylation is 6. The molecule has 3 aromatic carbocycles. The lowest BCUT2D eigenvalue weighted by atomic mass is 9.92. The first-order valence-electron chi connectivity index (χ1n) is 19.4. The molecule has 0 spiro atoms. The number of hydrogen-bond donors (Lipinski definition) is 2. The van der Waals surface area contributed by atoms with Crippen LogP contribution in [0.25, 0.3) is 79.8 Å². The maximum absolute atomic E-state index is 12.0. The molecule has 9 rings (SSSR count). The number of carbonyl (C=O) groups is 1. The molecule has 57 heavy (non-hydrogen) atoms. The Morgan fingerprint density at radius 1 is 0.491 bits per heavy atom. The molecule has 3 aromatic heterocycles. The van der Waals surface area contributed by atoms with Gasteiger partial charge < -0.3 is 9.97 Å². The molecule has 0 amide bonds. The summed E-state index contributed by atoms with van der Waals surface area (Å²) in [7, 11) is 0. The Balaban J connectivity index is 1.46. The lowest BCUT2D eigenvalue weighted by Gasteiger charge is -2.14. The van der Waals surface area contributed by atoms with Gasteiger partial charge in [0.1, 0.15) is 0 Å². The first-order valence-corrected chi connectivity index (χ1v) is 20.2. The van der Waals surface area contributed by atoms with Crippen LogP contribution in [0.4, 0.5) is 0 Å². The van der Waals surface area contributed by atoms with Crippen molar-refractivity contribution in [2.24, 2.45) is 0 Å². The standard InChI is InChI=1S/C51H43N4OS/c1-28-24-30(3)46(31(4)25-28)50-42-20-16-38(52-42)48(35-10-8-9-11-35)39-17-21-43(53-39)51(47-32(5)26-29(2)27-33(47)6)45-23-19-41(55-45)49(40-18-22-44(50)54-40)36-12-14-37(15-13-36)57-34(7)56/h8-27,54-55H,1-7H3. The van der Waals surface area contributed by atoms with Crippen molar-refractivity contribution < 1.29 is 4.79 Å². The largest absolute Gasteiger partial charge is 0.354 e. The number of fused-ring (bicyclic) bond motifs is 8. The van der Waals surface area contributed by atoms with Gasteiger partial charge in [-0.2, -0.15) is 0 Å². The van der Waals surface area contributed by atoms with Crippen LogP contribution in [0.5, 0.6) is 0 Å². The van der Waals surface area contributed by atoms with E-state index in [0.29, 0.717) is 0 Å². The molecule has 8 bridgehead atoms. The Kier molecular flexibility index (Phi) is 9.48. The van der Waals surface area contributed by atoms with Crippen LogP contribution in [-0.2, 0) is 4.79 Å². The molecule has 5 nitrogen and oxygen atoms in total. The molecule has 2 aliphatic heterocycles. The summed E-state index contributed by atoms with van der Waals surface area (Å²) in [5, 5.41) is 0.0608. The van der Waals surface area contributed by atoms with E-state index in [1.807, 2.05) is 12.1 Å². The van der Waals surface area contributed by atoms with Crippen molar-refractivity contribution in [3.63, 3.8) is 0 Å². The number of rotatable bonds is 5. The third-order valence-electron chi connectivity index (χ3n) is 11.0. The average Bonchev–Trinajstić information content (AvgIpc) is 4.01. The summed E-state index contributed by atoms with van der Waals surface area (Å²) >= 11 is 1.24. The Morgan fingerprint density at radius 2 is 0.877 bits per heavy atom. The summed E-state index contributed by atoms with van der Waals surface area (Å²) < 4.78 is 0. The number of aromatic nitrogens is 4. The molecule has 1 saturated carbocycles. The summed E-state index contributed by atoms with van der Waals surface area (Å²) in [6, 6.07) is 26.0. The predicted molar refractivity (Wildman–Crippen MR) is 240 cm³/mol. The smallest absolute Gasteiger partial charge is 0.190 e. The third-order valence-corrected chi connectivity index (χ3v) is 11.8. The first kappa shape index (κ1) is 36.9. The zero-order valence-electron chi connectivity index (χ0n) is 33.3. The fraction of sp³-hybridized carbons (Fsp3) is 0.137. The van der Waals surface area contributed by atoms with E-state index in [2.05, 4.69) is 162 Å². The van der Waals surface area contributed by atoms with E-state index in [-0.39, 0.29) is 5.12 Å². The fourth-order valence-corrected chi connectivity index (χ4v) is 9.49. The maximum atomic E-state index is 12.0. The van der Waals surface area contributed by atoms with Gasteiger partial charge in [0.15, 0.2) is 5.12 Å². The third kappa shape index (κ3) is 6.80. The van der Waals surface area contributed by atoms with Gasteiger partial charge in [0.05, 0.1) is 22.8 Å². The van der Waals surface area contributed by atoms with Gasteiger partial charge in [-0.05, 0) is 167 Å². The van der Waals surface area contributed by atoms with Crippen molar-refractivity contribution >= 4 is 63.2 Å². The zero-order valence-corrected chi connectivity index (χ0v) is 34.1. The second-order valence-electron chi connectivity index (χ2n) is 15.3. The number of carbonyl (C=O) groups excluding carboxylic acids is 1. The fourth-order valence-electron chi connectivity index (χ4n) is 8.88. The highest BCUT2D eigenvalue weighted by molar-refractivity contribution is 8.13. The molecule has 0 atom stereocenters. The number of nitrogens with zero attached hydrogens (tertiary/aromatic N) is 2. The molecular formula is C51H43N4OS. The minimum atomic E-state index is 0.0608. The first-order chi connectivity index (χ1) is 27.5. The van der Waals surface area contributed by atoms with Crippen LogP contribution in [0.3, 0.4) is 0 Å². The van der Waals surface area contributed by atoms with Gasteiger partial charge in [-0.15, -0.1) is 0 Å². The van der Waals surface area contributed by atoms with Crippen molar-refractivity contribution in [2.75, 3.05) is 0 Å². The van der Waals surface area contributed by atoms with Gasteiger partial charge in [-0.1, -0.05) is 59.3 Å². The topological polar surface area (TPSA) is 74.4 Å². The Labute approximate surface area is 339 Å². The van der Waals surface area contributed by atoms with Crippen LogP contribution >= 0.6 is 11.8 Å². The van der Waals surface area contributed by atoms with Crippen LogP contribution < -0.4 is 0 Å². The molecule has 5 heterocycles. The van der Waals surface area contributed by atoms with Gasteiger partial charge in [0.2, 0.25) is 0 Å². The summed E-state index contributed by atoms with van der Waals surface area (Å²) in [6.45, 7) is 14.7. The molecule has 1 aliphatic carbocycles. The van der Waals surface area contributed by atoms with E-state index in [1.54, 1.807) is 6.92 Å². The van der Waals surface area contributed by atoms with Crippen LogP contribution in [0, 0.1) is 73.1 Å². The molecule has 2 N–H and O–H groups in total. The minimum absolute atomic E-state index is 0.0608. The summed E-state index contributed by atoms with van der Waals surface area (Å²) in [6.07, 6.45) is 17.0. The van der Waals surface area contributed by atoms with Crippen molar-refractivity contribution in [1.29, 1.82) is 0 Å². The Hall–Kier alpha value is -5.72. The van der Waals surface area contributed by atoms with Crippen molar-refractivity contribution in [3.8, 4) is 33.4 Å². The number of hydrogen-bond acceptors (Lipinski definition) is 4. The molecule has 3 aliphatic rings. The summed E-state index contributed by atoms with van der Waals surface area (Å²) in [5.41, 5.74) is 22.1.